The number of fused-ring (bicyclic) bond motifs is 1. The van der Waals surface area contributed by atoms with Crippen molar-refractivity contribution in [2.75, 3.05) is 0 Å². The Morgan fingerprint density at radius 2 is 1.79 bits per heavy atom. The molecule has 0 N–H and O–H groups in total. The first kappa shape index (κ1) is 23.0. The molecule has 2 heterocycles. The lowest BCUT2D eigenvalue weighted by atomic mass is 10.1. The zero-order valence-corrected chi connectivity index (χ0v) is 18.8. The molecule has 0 aliphatic heterocycles. The summed E-state index contributed by atoms with van der Waals surface area (Å²) in [5, 5.41) is 4.98. The number of thioether (sulfide) groups is 1. The summed E-state index contributed by atoms with van der Waals surface area (Å²) in [5.74, 6) is 1.17. The van der Waals surface area contributed by atoms with Crippen LogP contribution in [0.3, 0.4) is 0 Å². The summed E-state index contributed by atoms with van der Waals surface area (Å²) in [4.78, 5) is 22.0. The molecular formula is C23H21F3N4O2S. The van der Waals surface area contributed by atoms with Gasteiger partial charge in [0, 0.05) is 12.1 Å². The van der Waals surface area contributed by atoms with Gasteiger partial charge in [-0.25, -0.2) is 4.98 Å². The number of alkyl halides is 3. The van der Waals surface area contributed by atoms with E-state index in [2.05, 4.69) is 29.0 Å². The van der Waals surface area contributed by atoms with Crippen molar-refractivity contribution in [2.45, 2.75) is 43.9 Å². The van der Waals surface area contributed by atoms with Crippen molar-refractivity contribution in [2.24, 2.45) is 5.92 Å². The average molecular weight is 475 g/mol. The lowest BCUT2D eigenvalue weighted by Gasteiger charge is -2.13. The maximum Gasteiger partial charge on any atom is 0.416 e. The Hall–Kier alpha value is -3.14. The molecule has 4 rings (SSSR count). The molecule has 0 aliphatic carbocycles. The Morgan fingerprint density at radius 3 is 2.48 bits per heavy atom. The van der Waals surface area contributed by atoms with Crippen molar-refractivity contribution >= 4 is 22.7 Å². The molecule has 10 heteroatoms. The number of hydrogen-bond acceptors (Lipinski definition) is 6. The molecule has 0 spiro atoms. The molecule has 2 aromatic heterocycles. The minimum atomic E-state index is -4.41. The second-order valence-electron chi connectivity index (χ2n) is 7.93. The fourth-order valence-electron chi connectivity index (χ4n) is 3.21. The van der Waals surface area contributed by atoms with Gasteiger partial charge in [-0.3, -0.25) is 9.36 Å². The van der Waals surface area contributed by atoms with Crippen molar-refractivity contribution in [3.05, 3.63) is 70.3 Å². The van der Waals surface area contributed by atoms with Crippen LogP contribution in [0.25, 0.3) is 22.3 Å². The Morgan fingerprint density at radius 1 is 1.06 bits per heavy atom. The van der Waals surface area contributed by atoms with Gasteiger partial charge in [-0.05, 0) is 36.6 Å². The normalized spacial score (nSPS) is 12.1. The Kier molecular flexibility index (Phi) is 6.55. The van der Waals surface area contributed by atoms with Gasteiger partial charge >= 0.3 is 6.18 Å². The minimum absolute atomic E-state index is 0.0975. The number of rotatable bonds is 7. The maximum atomic E-state index is 13.0. The molecule has 0 amide bonds. The number of aromatic nitrogens is 4. The van der Waals surface area contributed by atoms with E-state index in [9.17, 15) is 18.0 Å². The Labute approximate surface area is 191 Å². The molecule has 4 aromatic rings. The van der Waals surface area contributed by atoms with E-state index in [0.717, 1.165) is 18.6 Å². The second-order valence-corrected chi connectivity index (χ2v) is 8.87. The predicted octanol–water partition coefficient (Wildman–Crippen LogP) is 5.80. The van der Waals surface area contributed by atoms with Crippen LogP contribution in [0.4, 0.5) is 13.2 Å². The summed E-state index contributed by atoms with van der Waals surface area (Å²) < 4.78 is 45.2. The molecule has 6 nitrogen and oxygen atoms in total. The number of nitrogens with zero attached hydrogens (tertiary/aromatic N) is 4. The van der Waals surface area contributed by atoms with Crippen molar-refractivity contribution < 1.29 is 17.7 Å². The highest BCUT2D eigenvalue weighted by atomic mass is 32.2. The van der Waals surface area contributed by atoms with Crippen LogP contribution in [0.15, 0.2) is 63.0 Å². The molecule has 0 saturated carbocycles. The summed E-state index contributed by atoms with van der Waals surface area (Å²) in [6.45, 7) is 4.72. The molecule has 0 unspecified atom stereocenters. The van der Waals surface area contributed by atoms with Gasteiger partial charge in [0.15, 0.2) is 5.16 Å². The van der Waals surface area contributed by atoms with Crippen molar-refractivity contribution in [1.82, 2.24) is 19.7 Å². The third-order valence-electron chi connectivity index (χ3n) is 5.02. The number of benzene rings is 2. The van der Waals surface area contributed by atoms with Gasteiger partial charge in [-0.15, -0.1) is 0 Å². The third-order valence-corrected chi connectivity index (χ3v) is 5.98. The first-order valence-corrected chi connectivity index (χ1v) is 11.3. The predicted molar refractivity (Wildman–Crippen MR) is 120 cm³/mol. The fraction of sp³-hybridized carbons (Fsp3) is 0.304. The molecule has 0 atom stereocenters. The Balaban J connectivity index is 1.56. The van der Waals surface area contributed by atoms with E-state index in [1.54, 1.807) is 16.7 Å². The minimum Gasteiger partial charge on any atom is -0.338 e. The molecule has 172 valence electrons. The van der Waals surface area contributed by atoms with Crippen LogP contribution in [0, 0.1) is 5.92 Å². The SMILES string of the molecule is CC(C)CCn1c(SCc2nc(-c3ccc(C(F)(F)F)cc3)no2)nc2ccccc2c1=O. The van der Waals surface area contributed by atoms with Gasteiger partial charge in [0.1, 0.15) is 0 Å². The van der Waals surface area contributed by atoms with Crippen LogP contribution in [-0.4, -0.2) is 19.7 Å². The molecule has 0 aliphatic rings. The fourth-order valence-corrected chi connectivity index (χ4v) is 4.07. The van der Waals surface area contributed by atoms with E-state index in [-0.39, 0.29) is 23.0 Å². The largest absolute Gasteiger partial charge is 0.416 e. The van der Waals surface area contributed by atoms with Crippen LogP contribution in [0.2, 0.25) is 0 Å². The molecule has 0 saturated heterocycles. The molecule has 33 heavy (non-hydrogen) atoms. The van der Waals surface area contributed by atoms with Crippen molar-refractivity contribution in [1.29, 1.82) is 0 Å². The number of para-hydroxylation sites is 1. The zero-order chi connectivity index (χ0) is 23.6. The average Bonchev–Trinajstić information content (AvgIpc) is 3.26. The van der Waals surface area contributed by atoms with E-state index in [0.29, 0.717) is 34.1 Å². The van der Waals surface area contributed by atoms with Gasteiger partial charge in [-0.1, -0.05) is 55.0 Å². The van der Waals surface area contributed by atoms with Crippen LogP contribution in [0.5, 0.6) is 0 Å². The van der Waals surface area contributed by atoms with E-state index < -0.39 is 11.7 Å². The summed E-state index contributed by atoms with van der Waals surface area (Å²) >= 11 is 1.30. The van der Waals surface area contributed by atoms with Gasteiger partial charge in [0.25, 0.3) is 5.56 Å². The van der Waals surface area contributed by atoms with Crippen molar-refractivity contribution in [3.63, 3.8) is 0 Å². The molecular weight excluding hydrogens is 453 g/mol. The Bertz CT molecular complexity index is 1310. The first-order valence-electron chi connectivity index (χ1n) is 10.3. The highest BCUT2D eigenvalue weighted by Crippen LogP contribution is 2.30. The summed E-state index contributed by atoms with van der Waals surface area (Å²) in [6, 6.07) is 11.8. The van der Waals surface area contributed by atoms with Gasteiger partial charge in [-0.2, -0.15) is 18.2 Å². The van der Waals surface area contributed by atoms with Crippen molar-refractivity contribution in [3.8, 4) is 11.4 Å². The third kappa shape index (κ3) is 5.27. The highest BCUT2D eigenvalue weighted by molar-refractivity contribution is 7.98. The topological polar surface area (TPSA) is 73.8 Å². The van der Waals surface area contributed by atoms with Gasteiger partial charge in [0.05, 0.1) is 22.2 Å². The van der Waals surface area contributed by atoms with Gasteiger partial charge in [0.2, 0.25) is 11.7 Å². The number of halogens is 3. The molecule has 0 bridgehead atoms. The van der Waals surface area contributed by atoms with Crippen LogP contribution in [-0.2, 0) is 18.5 Å². The highest BCUT2D eigenvalue weighted by Gasteiger charge is 2.30. The van der Waals surface area contributed by atoms with Crippen LogP contribution >= 0.6 is 11.8 Å². The first-order chi connectivity index (χ1) is 15.7. The van der Waals surface area contributed by atoms with E-state index in [1.807, 2.05) is 12.1 Å². The monoisotopic (exact) mass is 474 g/mol. The molecule has 0 radical (unpaired) electrons. The lowest BCUT2D eigenvalue weighted by molar-refractivity contribution is -0.137. The van der Waals surface area contributed by atoms with Gasteiger partial charge < -0.3 is 4.52 Å². The molecule has 0 fully saturated rings. The van der Waals surface area contributed by atoms with Crippen LogP contribution in [0.1, 0.15) is 31.7 Å². The molecule has 2 aromatic carbocycles. The van der Waals surface area contributed by atoms with Crippen LogP contribution < -0.4 is 5.56 Å². The quantitative estimate of drug-likeness (QED) is 0.249. The second kappa shape index (κ2) is 9.38. The maximum absolute atomic E-state index is 13.0. The zero-order valence-electron chi connectivity index (χ0n) is 18.0. The van der Waals surface area contributed by atoms with E-state index >= 15 is 0 Å². The van der Waals surface area contributed by atoms with E-state index in [1.165, 1.54) is 23.9 Å². The number of hydrogen-bond donors (Lipinski definition) is 0. The van der Waals surface area contributed by atoms with E-state index in [4.69, 9.17) is 4.52 Å². The smallest absolute Gasteiger partial charge is 0.338 e. The standard InChI is InChI=1S/C23H21F3N4O2S/c1-14(2)11-12-30-21(31)17-5-3-4-6-18(17)27-22(30)33-13-19-28-20(29-32-19)15-7-9-16(10-8-15)23(24,25)26/h3-10,14H,11-13H2,1-2H3. The summed E-state index contributed by atoms with van der Waals surface area (Å²) in [7, 11) is 0. The summed E-state index contributed by atoms with van der Waals surface area (Å²) in [5.41, 5.74) is 0.189. The lowest BCUT2D eigenvalue weighted by Crippen LogP contribution is -2.24. The summed E-state index contributed by atoms with van der Waals surface area (Å²) in [6.07, 6.45) is -3.58.